The summed E-state index contributed by atoms with van der Waals surface area (Å²) in [6.45, 7) is 16.2. The van der Waals surface area contributed by atoms with E-state index in [1.165, 1.54) is 6.08 Å². The van der Waals surface area contributed by atoms with Gasteiger partial charge in [0.25, 0.3) is 0 Å². The standard InChI is InChI=1S/C19H29N3O5/c1-7-9-25-17(23)16-15(26-13(3)8-2)12-21-10-14(11-22(16)21)20-18(24)27-19(4,5)6/h7,14H,1,3,8-12H2,2,4-6H3,(H,20,24)/t14-/m0/s1. The highest BCUT2D eigenvalue weighted by atomic mass is 16.6. The summed E-state index contributed by atoms with van der Waals surface area (Å²) in [5.74, 6) is 0.589. The van der Waals surface area contributed by atoms with Crippen molar-refractivity contribution in [3.05, 3.63) is 36.4 Å². The molecule has 8 heteroatoms. The van der Waals surface area contributed by atoms with E-state index in [0.717, 1.165) is 0 Å². The number of alkyl carbamates (subject to hydrolysis) is 1. The number of hydrogen-bond acceptors (Lipinski definition) is 7. The van der Waals surface area contributed by atoms with E-state index < -0.39 is 17.7 Å². The van der Waals surface area contributed by atoms with Crippen molar-refractivity contribution < 1.29 is 23.8 Å². The minimum Gasteiger partial charge on any atom is -0.463 e. The third kappa shape index (κ3) is 5.50. The van der Waals surface area contributed by atoms with Gasteiger partial charge >= 0.3 is 12.1 Å². The Bertz CT molecular complexity index is 650. The predicted molar refractivity (Wildman–Crippen MR) is 100 cm³/mol. The number of nitrogens with one attached hydrogen (secondary N) is 1. The van der Waals surface area contributed by atoms with Gasteiger partial charge < -0.3 is 19.5 Å². The highest BCUT2D eigenvalue weighted by molar-refractivity contribution is 5.89. The fourth-order valence-corrected chi connectivity index (χ4v) is 2.82. The van der Waals surface area contributed by atoms with Crippen molar-refractivity contribution >= 4 is 12.1 Å². The molecule has 8 nitrogen and oxygen atoms in total. The van der Waals surface area contributed by atoms with E-state index >= 15 is 0 Å². The molecule has 150 valence electrons. The lowest BCUT2D eigenvalue weighted by Crippen LogP contribution is -2.42. The molecule has 0 unspecified atom stereocenters. The molecular weight excluding hydrogens is 350 g/mol. The van der Waals surface area contributed by atoms with E-state index in [-0.39, 0.29) is 12.6 Å². The molecule has 0 aliphatic carbocycles. The molecule has 0 aromatic heterocycles. The van der Waals surface area contributed by atoms with Gasteiger partial charge in [-0.2, -0.15) is 0 Å². The van der Waals surface area contributed by atoms with E-state index in [0.29, 0.717) is 43.3 Å². The molecule has 0 aromatic carbocycles. The Morgan fingerprint density at radius 3 is 2.63 bits per heavy atom. The Kier molecular flexibility index (Phi) is 6.54. The minimum atomic E-state index is -0.569. The summed E-state index contributed by atoms with van der Waals surface area (Å²) in [6.07, 6.45) is 1.67. The molecule has 1 N–H and O–H groups in total. The maximum absolute atomic E-state index is 12.5. The Hall–Kier alpha value is -2.48. The lowest BCUT2D eigenvalue weighted by molar-refractivity contribution is -0.141. The van der Waals surface area contributed by atoms with Crippen molar-refractivity contribution in [2.24, 2.45) is 0 Å². The van der Waals surface area contributed by atoms with Gasteiger partial charge in [0.15, 0.2) is 11.5 Å². The number of carbonyl (C=O) groups is 2. The Morgan fingerprint density at radius 1 is 1.33 bits per heavy atom. The first kappa shape index (κ1) is 20.8. The van der Waals surface area contributed by atoms with Crippen LogP contribution in [-0.2, 0) is 19.0 Å². The smallest absolute Gasteiger partial charge is 0.407 e. The lowest BCUT2D eigenvalue weighted by atomic mass is 10.2. The number of carbonyl (C=O) groups excluding carboxylic acids is 2. The number of nitrogens with zero attached hydrogens (tertiary/aromatic N) is 2. The molecule has 2 rings (SSSR count). The molecule has 1 atom stereocenters. The molecule has 0 spiro atoms. The van der Waals surface area contributed by atoms with E-state index in [1.807, 2.05) is 32.7 Å². The van der Waals surface area contributed by atoms with Crippen LogP contribution in [0.5, 0.6) is 0 Å². The Labute approximate surface area is 160 Å². The van der Waals surface area contributed by atoms with E-state index in [1.54, 1.807) is 5.01 Å². The fourth-order valence-electron chi connectivity index (χ4n) is 2.82. The van der Waals surface area contributed by atoms with E-state index in [9.17, 15) is 9.59 Å². The monoisotopic (exact) mass is 379 g/mol. The molecule has 1 amide bonds. The number of hydrogen-bond donors (Lipinski definition) is 1. The topological polar surface area (TPSA) is 80.3 Å². The number of esters is 1. The zero-order chi connectivity index (χ0) is 20.2. The summed E-state index contributed by atoms with van der Waals surface area (Å²) in [6, 6.07) is -0.182. The number of allylic oxidation sites excluding steroid dienone is 1. The normalized spacial score (nSPS) is 19.6. The van der Waals surface area contributed by atoms with E-state index in [2.05, 4.69) is 18.5 Å². The summed E-state index contributed by atoms with van der Waals surface area (Å²) < 4.78 is 16.3. The van der Waals surface area contributed by atoms with Crippen molar-refractivity contribution in [3.8, 4) is 0 Å². The van der Waals surface area contributed by atoms with Crippen LogP contribution < -0.4 is 5.32 Å². The van der Waals surface area contributed by atoms with Crippen LogP contribution in [0, 0.1) is 0 Å². The van der Waals surface area contributed by atoms with Crippen LogP contribution in [0.2, 0.25) is 0 Å². The van der Waals surface area contributed by atoms with Gasteiger partial charge in [-0.05, 0) is 20.8 Å². The molecule has 0 aromatic rings. The van der Waals surface area contributed by atoms with Crippen LogP contribution in [0.25, 0.3) is 0 Å². The summed E-state index contributed by atoms with van der Waals surface area (Å²) in [5.41, 5.74) is -0.236. The number of fused-ring (bicyclic) bond motifs is 1. The zero-order valence-corrected chi connectivity index (χ0v) is 16.5. The fraction of sp³-hybridized carbons (Fsp3) is 0.579. The van der Waals surface area contributed by atoms with Gasteiger partial charge in [-0.3, -0.25) is 5.01 Å². The van der Waals surface area contributed by atoms with Gasteiger partial charge in [-0.15, -0.1) is 0 Å². The summed E-state index contributed by atoms with van der Waals surface area (Å²) in [5, 5.41) is 6.56. The molecule has 0 bridgehead atoms. The second kappa shape index (κ2) is 8.47. The third-order valence-corrected chi connectivity index (χ3v) is 3.92. The SMILES string of the molecule is C=CCOC(=O)C1=C(OC(=C)CC)CN2C[C@H](NC(=O)OC(C)(C)C)CN12. The van der Waals surface area contributed by atoms with Crippen molar-refractivity contribution in [1.29, 1.82) is 0 Å². The molecule has 0 saturated carbocycles. The summed E-state index contributed by atoms with van der Waals surface area (Å²) >= 11 is 0. The van der Waals surface area contributed by atoms with Crippen molar-refractivity contribution in [3.63, 3.8) is 0 Å². The van der Waals surface area contributed by atoms with Gasteiger partial charge in [0.1, 0.15) is 12.2 Å². The van der Waals surface area contributed by atoms with Crippen molar-refractivity contribution in [2.75, 3.05) is 26.2 Å². The van der Waals surface area contributed by atoms with Crippen molar-refractivity contribution in [2.45, 2.75) is 45.8 Å². The van der Waals surface area contributed by atoms with Gasteiger partial charge in [0.2, 0.25) is 0 Å². The average Bonchev–Trinajstić information content (AvgIpc) is 3.06. The number of hydrazine groups is 1. The van der Waals surface area contributed by atoms with Gasteiger partial charge in [0.05, 0.1) is 24.9 Å². The highest BCUT2D eigenvalue weighted by Gasteiger charge is 2.43. The van der Waals surface area contributed by atoms with Crippen molar-refractivity contribution in [1.82, 2.24) is 15.3 Å². The first-order valence-electron chi connectivity index (χ1n) is 9.03. The molecule has 1 saturated heterocycles. The largest absolute Gasteiger partial charge is 0.463 e. The maximum atomic E-state index is 12.5. The first-order chi connectivity index (χ1) is 12.6. The molecule has 27 heavy (non-hydrogen) atoms. The van der Waals surface area contributed by atoms with Crippen LogP contribution in [0.15, 0.2) is 36.4 Å². The molecule has 2 heterocycles. The van der Waals surface area contributed by atoms with Gasteiger partial charge in [-0.25, -0.2) is 14.6 Å². The lowest BCUT2D eigenvalue weighted by Gasteiger charge is -2.22. The number of ether oxygens (including phenoxy) is 3. The summed E-state index contributed by atoms with van der Waals surface area (Å²) in [4.78, 5) is 24.5. The summed E-state index contributed by atoms with van der Waals surface area (Å²) in [7, 11) is 0. The van der Waals surface area contributed by atoms with Crippen LogP contribution in [0.3, 0.4) is 0 Å². The van der Waals surface area contributed by atoms with Crippen LogP contribution >= 0.6 is 0 Å². The van der Waals surface area contributed by atoms with Crippen LogP contribution in [0.4, 0.5) is 4.79 Å². The Balaban J connectivity index is 2.09. The van der Waals surface area contributed by atoms with Crippen LogP contribution in [0.1, 0.15) is 34.1 Å². The maximum Gasteiger partial charge on any atom is 0.407 e. The molecule has 2 aliphatic rings. The zero-order valence-electron chi connectivity index (χ0n) is 16.5. The third-order valence-electron chi connectivity index (χ3n) is 3.92. The molecule has 0 radical (unpaired) electrons. The minimum absolute atomic E-state index is 0.109. The Morgan fingerprint density at radius 2 is 2.04 bits per heavy atom. The first-order valence-corrected chi connectivity index (χ1v) is 9.03. The second-order valence-corrected chi connectivity index (χ2v) is 7.43. The second-order valence-electron chi connectivity index (χ2n) is 7.43. The average molecular weight is 379 g/mol. The number of amides is 1. The molecule has 1 fully saturated rings. The number of rotatable bonds is 7. The van der Waals surface area contributed by atoms with Crippen LogP contribution in [-0.4, -0.2) is 60.0 Å². The quantitative estimate of drug-likeness (QED) is 0.413. The predicted octanol–water partition coefficient (Wildman–Crippen LogP) is 2.31. The molecular formula is C19H29N3O5. The van der Waals surface area contributed by atoms with Gasteiger partial charge in [0, 0.05) is 13.0 Å². The highest BCUT2D eigenvalue weighted by Crippen LogP contribution is 2.31. The van der Waals surface area contributed by atoms with Gasteiger partial charge in [-0.1, -0.05) is 26.2 Å². The molecule has 2 aliphatic heterocycles. The van der Waals surface area contributed by atoms with E-state index in [4.69, 9.17) is 14.2 Å².